The van der Waals surface area contributed by atoms with Crippen LogP contribution in [0.15, 0.2) is 47.4 Å². The van der Waals surface area contributed by atoms with Crippen molar-refractivity contribution in [3.8, 4) is 5.75 Å². The second-order valence-corrected chi connectivity index (χ2v) is 8.39. The number of hydrogen-bond donors (Lipinski definition) is 2. The minimum absolute atomic E-state index is 0.128. The molecule has 0 aliphatic heterocycles. The highest BCUT2D eigenvalue weighted by atomic mass is 32.2. The highest BCUT2D eigenvalue weighted by Gasteiger charge is 2.15. The fourth-order valence-electron chi connectivity index (χ4n) is 2.60. The molecule has 0 unspecified atom stereocenters. The smallest absolute Gasteiger partial charge is 0.240 e. The minimum atomic E-state index is -3.50. The molecule has 2 aromatic rings. The second kappa shape index (κ2) is 9.01. The van der Waals surface area contributed by atoms with Gasteiger partial charge in [-0.05, 0) is 62.6 Å². The SMILES string of the molecule is COc1ccc(C)cc1NC(=O)CCc1ccc(S(=O)(=O)NC(C)C)cc1. The molecule has 6 nitrogen and oxygen atoms in total. The zero-order chi connectivity index (χ0) is 20.0. The van der Waals surface area contributed by atoms with Crippen molar-refractivity contribution in [2.45, 2.75) is 44.6 Å². The fraction of sp³-hybridized carbons (Fsp3) is 0.350. The van der Waals surface area contributed by atoms with Crippen LogP contribution < -0.4 is 14.8 Å². The molecule has 0 aliphatic carbocycles. The Morgan fingerprint density at radius 1 is 1.11 bits per heavy atom. The Morgan fingerprint density at radius 2 is 1.78 bits per heavy atom. The zero-order valence-corrected chi connectivity index (χ0v) is 16.9. The molecule has 1 amide bonds. The maximum Gasteiger partial charge on any atom is 0.240 e. The normalized spacial score (nSPS) is 11.4. The third kappa shape index (κ3) is 6.08. The first-order chi connectivity index (χ1) is 12.7. The predicted octanol–water partition coefficient (Wildman–Crippen LogP) is 3.26. The monoisotopic (exact) mass is 390 g/mol. The van der Waals surface area contributed by atoms with Crippen molar-refractivity contribution >= 4 is 21.6 Å². The number of ether oxygens (including phenoxy) is 1. The molecule has 0 spiro atoms. The van der Waals surface area contributed by atoms with E-state index in [2.05, 4.69) is 10.0 Å². The van der Waals surface area contributed by atoms with Gasteiger partial charge in [0.2, 0.25) is 15.9 Å². The summed E-state index contributed by atoms with van der Waals surface area (Å²) in [6, 6.07) is 12.0. The molecule has 0 saturated carbocycles. The van der Waals surface area contributed by atoms with E-state index in [1.807, 2.05) is 25.1 Å². The minimum Gasteiger partial charge on any atom is -0.495 e. The molecule has 0 fully saturated rings. The standard InChI is InChI=1S/C20H26N2O4S/c1-14(2)22-27(24,25)17-9-6-16(7-10-17)8-12-20(23)21-18-13-15(3)5-11-19(18)26-4/h5-7,9-11,13-14,22H,8,12H2,1-4H3,(H,21,23). The number of anilines is 1. The van der Waals surface area contributed by atoms with Crippen molar-refractivity contribution in [1.29, 1.82) is 0 Å². The van der Waals surface area contributed by atoms with E-state index in [1.165, 1.54) is 0 Å². The molecule has 146 valence electrons. The first kappa shape index (κ1) is 20.9. The Morgan fingerprint density at radius 3 is 2.37 bits per heavy atom. The summed E-state index contributed by atoms with van der Waals surface area (Å²) in [5.41, 5.74) is 2.56. The first-order valence-corrected chi connectivity index (χ1v) is 10.3. The van der Waals surface area contributed by atoms with Gasteiger partial charge in [-0.2, -0.15) is 0 Å². The van der Waals surface area contributed by atoms with Crippen LogP contribution in [0.1, 0.15) is 31.4 Å². The third-order valence-electron chi connectivity index (χ3n) is 3.89. The Bertz CT molecular complexity index is 891. The van der Waals surface area contributed by atoms with Crippen LogP contribution in [0, 0.1) is 6.92 Å². The van der Waals surface area contributed by atoms with Crippen molar-refractivity contribution in [1.82, 2.24) is 4.72 Å². The van der Waals surface area contributed by atoms with Gasteiger partial charge in [0.25, 0.3) is 0 Å². The van der Waals surface area contributed by atoms with Crippen molar-refractivity contribution in [2.24, 2.45) is 0 Å². The summed E-state index contributed by atoms with van der Waals surface area (Å²) >= 11 is 0. The van der Waals surface area contributed by atoms with Crippen LogP contribution in [0.4, 0.5) is 5.69 Å². The van der Waals surface area contributed by atoms with Crippen molar-refractivity contribution < 1.29 is 17.9 Å². The number of amides is 1. The number of rotatable bonds is 8. The number of benzene rings is 2. The van der Waals surface area contributed by atoms with Crippen LogP contribution >= 0.6 is 0 Å². The Kier molecular flexibility index (Phi) is 6.98. The number of carbonyl (C=O) groups is 1. The number of sulfonamides is 1. The van der Waals surface area contributed by atoms with E-state index < -0.39 is 10.0 Å². The van der Waals surface area contributed by atoms with Gasteiger partial charge in [-0.1, -0.05) is 18.2 Å². The average Bonchev–Trinajstić information content (AvgIpc) is 2.59. The number of carbonyl (C=O) groups excluding carboxylic acids is 1. The predicted molar refractivity (Wildman–Crippen MR) is 107 cm³/mol. The molecule has 0 aromatic heterocycles. The lowest BCUT2D eigenvalue weighted by Gasteiger charge is -2.11. The van der Waals surface area contributed by atoms with E-state index in [4.69, 9.17) is 4.74 Å². The first-order valence-electron chi connectivity index (χ1n) is 8.77. The van der Waals surface area contributed by atoms with E-state index in [9.17, 15) is 13.2 Å². The van der Waals surface area contributed by atoms with Crippen LogP contribution in [0.25, 0.3) is 0 Å². The van der Waals surface area contributed by atoms with E-state index in [-0.39, 0.29) is 23.3 Å². The molecular weight excluding hydrogens is 364 g/mol. The van der Waals surface area contributed by atoms with Crippen LogP contribution in [0.3, 0.4) is 0 Å². The van der Waals surface area contributed by atoms with Crippen LogP contribution in [0.5, 0.6) is 5.75 Å². The Balaban J connectivity index is 1.97. The molecule has 2 rings (SSSR count). The van der Waals surface area contributed by atoms with E-state index >= 15 is 0 Å². The van der Waals surface area contributed by atoms with Gasteiger partial charge in [-0.15, -0.1) is 0 Å². The number of aryl methyl sites for hydroxylation is 2. The largest absolute Gasteiger partial charge is 0.495 e. The fourth-order valence-corrected chi connectivity index (χ4v) is 3.85. The van der Waals surface area contributed by atoms with E-state index in [0.29, 0.717) is 17.9 Å². The van der Waals surface area contributed by atoms with Gasteiger partial charge in [0.15, 0.2) is 0 Å². The zero-order valence-electron chi connectivity index (χ0n) is 16.1. The van der Waals surface area contributed by atoms with Crippen LogP contribution in [-0.4, -0.2) is 27.5 Å². The molecule has 0 radical (unpaired) electrons. The van der Waals surface area contributed by atoms with Gasteiger partial charge in [0.1, 0.15) is 5.75 Å². The lowest BCUT2D eigenvalue weighted by molar-refractivity contribution is -0.116. The highest BCUT2D eigenvalue weighted by molar-refractivity contribution is 7.89. The molecule has 2 aromatic carbocycles. The summed E-state index contributed by atoms with van der Waals surface area (Å²) in [4.78, 5) is 12.5. The van der Waals surface area contributed by atoms with E-state index in [0.717, 1.165) is 11.1 Å². The molecule has 0 atom stereocenters. The summed E-state index contributed by atoms with van der Waals surface area (Å²) in [5, 5.41) is 2.86. The van der Waals surface area contributed by atoms with Gasteiger partial charge >= 0.3 is 0 Å². The maximum atomic E-state index is 12.2. The summed E-state index contributed by atoms with van der Waals surface area (Å²) in [6.45, 7) is 5.49. The highest BCUT2D eigenvalue weighted by Crippen LogP contribution is 2.25. The second-order valence-electron chi connectivity index (χ2n) is 6.67. The molecule has 0 saturated heterocycles. The molecule has 0 aliphatic rings. The maximum absolute atomic E-state index is 12.2. The van der Waals surface area contributed by atoms with Gasteiger partial charge in [0.05, 0.1) is 17.7 Å². The molecule has 0 heterocycles. The van der Waals surface area contributed by atoms with Crippen LogP contribution in [-0.2, 0) is 21.2 Å². The lowest BCUT2D eigenvalue weighted by Crippen LogP contribution is -2.30. The Labute approximate surface area is 161 Å². The van der Waals surface area contributed by atoms with Gasteiger partial charge in [-0.3, -0.25) is 4.79 Å². The molecule has 0 bridgehead atoms. The number of methoxy groups -OCH3 is 1. The molecular formula is C20H26N2O4S. The molecule has 27 heavy (non-hydrogen) atoms. The molecule has 2 N–H and O–H groups in total. The number of hydrogen-bond acceptors (Lipinski definition) is 4. The van der Waals surface area contributed by atoms with Crippen LogP contribution in [0.2, 0.25) is 0 Å². The van der Waals surface area contributed by atoms with Gasteiger partial charge in [-0.25, -0.2) is 13.1 Å². The van der Waals surface area contributed by atoms with Gasteiger partial charge in [0, 0.05) is 12.5 Å². The summed E-state index contributed by atoms with van der Waals surface area (Å²) in [6.07, 6.45) is 0.797. The van der Waals surface area contributed by atoms with E-state index in [1.54, 1.807) is 45.2 Å². The van der Waals surface area contributed by atoms with Crippen molar-refractivity contribution in [3.63, 3.8) is 0 Å². The van der Waals surface area contributed by atoms with Crippen molar-refractivity contribution in [3.05, 3.63) is 53.6 Å². The average molecular weight is 391 g/mol. The molecule has 7 heteroatoms. The van der Waals surface area contributed by atoms with Gasteiger partial charge < -0.3 is 10.1 Å². The third-order valence-corrected chi connectivity index (χ3v) is 5.57. The lowest BCUT2D eigenvalue weighted by atomic mass is 10.1. The summed E-state index contributed by atoms with van der Waals surface area (Å²) in [7, 11) is -1.94. The topological polar surface area (TPSA) is 84.5 Å². The summed E-state index contributed by atoms with van der Waals surface area (Å²) in [5.74, 6) is 0.484. The number of nitrogens with one attached hydrogen (secondary N) is 2. The Hall–Kier alpha value is -2.38. The summed E-state index contributed by atoms with van der Waals surface area (Å²) < 4.78 is 32.1. The quantitative estimate of drug-likeness (QED) is 0.725. The van der Waals surface area contributed by atoms with Crippen molar-refractivity contribution in [2.75, 3.05) is 12.4 Å².